The fourth-order valence-corrected chi connectivity index (χ4v) is 6.68. The number of piperidine rings is 1. The fourth-order valence-electron chi connectivity index (χ4n) is 4.85. The zero-order chi connectivity index (χ0) is 23.8. The van der Waals surface area contributed by atoms with E-state index in [1.807, 2.05) is 17.6 Å². The number of thiocarbonyl (C=S) groups is 1. The number of hydrogen-bond donors (Lipinski definition) is 1. The number of thioether (sulfide) groups is 1. The molecule has 2 aliphatic heterocycles. The molecule has 9 heteroatoms. The van der Waals surface area contributed by atoms with Crippen LogP contribution in [0, 0.1) is 19.8 Å². The fraction of sp³-hybridized carbons (Fsp3) is 0.360. The molecule has 2 atom stereocenters. The molecule has 1 fully saturated rings. The summed E-state index contributed by atoms with van der Waals surface area (Å²) in [6.45, 7) is 6.44. The van der Waals surface area contributed by atoms with Gasteiger partial charge < -0.3 is 14.8 Å². The molecule has 1 aromatic carbocycles. The second-order valence-electron chi connectivity index (χ2n) is 9.00. The van der Waals surface area contributed by atoms with E-state index in [0.29, 0.717) is 17.0 Å². The lowest BCUT2D eigenvalue weighted by Gasteiger charge is -2.43. The molecule has 5 rings (SSSR count). The maximum Gasteiger partial charge on any atom is 0.250 e. The molecule has 176 valence electrons. The third-order valence-electron chi connectivity index (χ3n) is 6.43. The minimum atomic E-state index is -0.106. The number of nitrogens with zero attached hydrogens (tertiary/aromatic N) is 3. The maximum absolute atomic E-state index is 12.6. The summed E-state index contributed by atoms with van der Waals surface area (Å²) in [4.78, 5) is 32.8. The highest BCUT2D eigenvalue weighted by atomic mass is 32.2. The molecule has 0 saturated carbocycles. The van der Waals surface area contributed by atoms with Crippen LogP contribution >= 0.6 is 35.3 Å². The second-order valence-corrected chi connectivity index (χ2v) is 11.8. The molecule has 0 aliphatic carbocycles. The highest BCUT2D eigenvalue weighted by molar-refractivity contribution is 8.23. The molecule has 2 aliphatic rings. The van der Waals surface area contributed by atoms with E-state index in [2.05, 4.69) is 52.5 Å². The van der Waals surface area contributed by atoms with Gasteiger partial charge in [-0.25, -0.2) is 4.98 Å². The predicted octanol–water partition coefficient (Wildman–Crippen LogP) is 4.66. The average molecular weight is 511 g/mol. The Morgan fingerprint density at radius 3 is 2.76 bits per heavy atom. The number of likely N-dealkylation sites (tertiary alicyclic amines) is 1. The number of thiazole rings is 1. The summed E-state index contributed by atoms with van der Waals surface area (Å²) in [5, 5.41) is 3.54. The normalized spacial score (nSPS) is 18.9. The van der Waals surface area contributed by atoms with Crippen LogP contribution in [0.1, 0.15) is 28.5 Å². The van der Waals surface area contributed by atoms with E-state index in [4.69, 9.17) is 12.2 Å². The number of hydrogen-bond acceptors (Lipinski definition) is 6. The zero-order valence-corrected chi connectivity index (χ0v) is 21.6. The zero-order valence-electron chi connectivity index (χ0n) is 19.1. The Morgan fingerprint density at radius 1 is 1.18 bits per heavy atom. The number of aryl methyl sites for hydroxylation is 2. The number of pyridine rings is 1. The first kappa shape index (κ1) is 23.3. The standard InChI is InChI=1S/C25H26N4O2S3/c1-15-6-8-18(9-7-15)23-16(2)34-24(27-23)26-21(30)14-33-25(32)28-11-17-10-19(13-28)20-4-3-5-22(31)29(20)12-17/h3-9,17,19H,10-14H2,1-2H3,(H,26,27,30)/t17-,19+/m0/s1. The van der Waals surface area contributed by atoms with Crippen LogP contribution in [-0.4, -0.2) is 43.5 Å². The third kappa shape index (κ3) is 4.82. The number of carbonyl (C=O) groups is 1. The number of rotatable bonds is 4. The smallest absolute Gasteiger partial charge is 0.250 e. The van der Waals surface area contributed by atoms with Crippen LogP contribution in [0.5, 0.6) is 0 Å². The van der Waals surface area contributed by atoms with Gasteiger partial charge in [-0.15, -0.1) is 11.3 Å². The summed E-state index contributed by atoms with van der Waals surface area (Å²) in [6, 6.07) is 13.8. The van der Waals surface area contributed by atoms with Crippen molar-refractivity contribution in [2.24, 2.45) is 5.92 Å². The molecule has 1 N–H and O–H groups in total. The van der Waals surface area contributed by atoms with Gasteiger partial charge in [-0.1, -0.05) is 59.9 Å². The number of aromatic nitrogens is 2. The molecule has 34 heavy (non-hydrogen) atoms. The van der Waals surface area contributed by atoms with Crippen LogP contribution in [0.4, 0.5) is 5.13 Å². The molecule has 1 amide bonds. The summed E-state index contributed by atoms with van der Waals surface area (Å²) in [5.74, 6) is 0.842. The van der Waals surface area contributed by atoms with Gasteiger partial charge in [0, 0.05) is 47.8 Å². The van der Waals surface area contributed by atoms with E-state index >= 15 is 0 Å². The Morgan fingerprint density at radius 2 is 1.97 bits per heavy atom. The number of anilines is 1. The first-order chi connectivity index (χ1) is 16.4. The summed E-state index contributed by atoms with van der Waals surface area (Å²) < 4.78 is 2.66. The van der Waals surface area contributed by atoms with Crippen LogP contribution in [0.15, 0.2) is 47.3 Å². The van der Waals surface area contributed by atoms with Crippen molar-refractivity contribution >= 4 is 50.7 Å². The van der Waals surface area contributed by atoms with Gasteiger partial charge >= 0.3 is 0 Å². The summed E-state index contributed by atoms with van der Waals surface area (Å²) >= 11 is 8.57. The van der Waals surface area contributed by atoms with Gasteiger partial charge in [-0.05, 0) is 32.3 Å². The van der Waals surface area contributed by atoms with Crippen molar-refractivity contribution in [3.8, 4) is 11.3 Å². The molecule has 3 aromatic rings. The molecule has 0 radical (unpaired) electrons. The van der Waals surface area contributed by atoms with Crippen molar-refractivity contribution in [2.75, 3.05) is 24.2 Å². The van der Waals surface area contributed by atoms with Gasteiger partial charge in [0.2, 0.25) is 5.91 Å². The summed E-state index contributed by atoms with van der Waals surface area (Å²) in [6.07, 6.45) is 1.08. The van der Waals surface area contributed by atoms with Gasteiger partial charge in [0.05, 0.1) is 11.4 Å². The van der Waals surface area contributed by atoms with Crippen LogP contribution in [-0.2, 0) is 11.3 Å². The Hall–Kier alpha value is -2.49. The number of carbonyl (C=O) groups excluding carboxylic acids is 1. The van der Waals surface area contributed by atoms with Gasteiger partial charge in [-0.3, -0.25) is 9.59 Å². The lowest BCUT2D eigenvalue weighted by molar-refractivity contribution is -0.113. The van der Waals surface area contributed by atoms with Gasteiger partial charge in [0.15, 0.2) is 5.13 Å². The molecular formula is C25H26N4O2S3. The van der Waals surface area contributed by atoms with Crippen molar-refractivity contribution in [1.29, 1.82) is 0 Å². The molecular weight excluding hydrogens is 485 g/mol. The number of fused-ring (bicyclic) bond motifs is 4. The molecule has 1 saturated heterocycles. The van der Waals surface area contributed by atoms with Gasteiger partial charge in [0.1, 0.15) is 4.32 Å². The quantitative estimate of drug-likeness (QED) is 0.515. The average Bonchev–Trinajstić information content (AvgIpc) is 3.18. The lowest BCUT2D eigenvalue weighted by Crippen LogP contribution is -2.48. The van der Waals surface area contributed by atoms with E-state index < -0.39 is 0 Å². The Balaban J connectivity index is 1.17. The van der Waals surface area contributed by atoms with Crippen LogP contribution in [0.25, 0.3) is 11.3 Å². The SMILES string of the molecule is Cc1ccc(-c2nc(NC(=O)CSC(=S)N3C[C@@H]4C[C@H](C3)c3cccc(=O)n3C4)sc2C)cc1. The third-order valence-corrected chi connectivity index (χ3v) is 8.84. The molecule has 4 heterocycles. The van der Waals surface area contributed by atoms with E-state index in [1.165, 1.54) is 28.7 Å². The minimum Gasteiger partial charge on any atom is -0.356 e. The van der Waals surface area contributed by atoms with Crippen molar-refractivity contribution < 1.29 is 4.79 Å². The highest BCUT2D eigenvalue weighted by Crippen LogP contribution is 2.36. The molecule has 2 bridgehead atoms. The monoisotopic (exact) mass is 510 g/mol. The molecule has 0 spiro atoms. The molecule has 2 aromatic heterocycles. The Labute approximate surface area is 212 Å². The first-order valence-electron chi connectivity index (χ1n) is 11.3. The number of nitrogens with one attached hydrogen (secondary N) is 1. The van der Waals surface area contributed by atoms with E-state index in [-0.39, 0.29) is 17.2 Å². The van der Waals surface area contributed by atoms with Gasteiger partial charge in [-0.2, -0.15) is 0 Å². The second kappa shape index (κ2) is 9.64. The van der Waals surface area contributed by atoms with Crippen molar-refractivity contribution in [3.05, 3.63) is 69.0 Å². The van der Waals surface area contributed by atoms with E-state index in [9.17, 15) is 9.59 Å². The van der Waals surface area contributed by atoms with Crippen LogP contribution in [0.3, 0.4) is 0 Å². The molecule has 6 nitrogen and oxygen atoms in total. The lowest BCUT2D eigenvalue weighted by atomic mass is 9.83. The van der Waals surface area contributed by atoms with Crippen LogP contribution in [0.2, 0.25) is 0 Å². The van der Waals surface area contributed by atoms with Crippen molar-refractivity contribution in [3.63, 3.8) is 0 Å². The Kier molecular flexibility index (Phi) is 6.59. The van der Waals surface area contributed by atoms with Crippen molar-refractivity contribution in [1.82, 2.24) is 14.5 Å². The predicted molar refractivity (Wildman–Crippen MR) is 144 cm³/mol. The first-order valence-corrected chi connectivity index (χ1v) is 13.5. The van der Waals surface area contributed by atoms with Gasteiger partial charge in [0.25, 0.3) is 5.56 Å². The molecule has 0 unspecified atom stereocenters. The minimum absolute atomic E-state index is 0.0808. The topological polar surface area (TPSA) is 67.2 Å². The van der Waals surface area contributed by atoms with E-state index in [1.54, 1.807) is 6.07 Å². The van der Waals surface area contributed by atoms with E-state index in [0.717, 1.165) is 52.2 Å². The van der Waals surface area contributed by atoms with Crippen LogP contribution < -0.4 is 10.9 Å². The number of amides is 1. The van der Waals surface area contributed by atoms with Crippen molar-refractivity contribution in [2.45, 2.75) is 32.7 Å². The summed E-state index contributed by atoms with van der Waals surface area (Å²) in [7, 11) is 0. The summed E-state index contributed by atoms with van der Waals surface area (Å²) in [5.41, 5.74) is 4.34. The highest BCUT2D eigenvalue weighted by Gasteiger charge is 2.35. The number of benzene rings is 1. The maximum atomic E-state index is 12.6. The Bertz CT molecular complexity index is 1300. The largest absolute Gasteiger partial charge is 0.356 e.